The zero-order valence-electron chi connectivity index (χ0n) is 18.2. The van der Waals surface area contributed by atoms with Crippen LogP contribution in [0, 0.1) is 6.92 Å². The summed E-state index contributed by atoms with van der Waals surface area (Å²) in [6.45, 7) is 5.52. The third-order valence-electron chi connectivity index (χ3n) is 5.85. The molecule has 7 nitrogen and oxygen atoms in total. The molecule has 1 saturated heterocycles. The van der Waals surface area contributed by atoms with Gasteiger partial charge in [-0.1, -0.05) is 12.5 Å². The van der Waals surface area contributed by atoms with Crippen molar-refractivity contribution in [2.45, 2.75) is 32.6 Å². The number of carbonyl (C=O) groups excluding carboxylic acids is 1. The predicted molar refractivity (Wildman–Crippen MR) is 123 cm³/mol. The van der Waals surface area contributed by atoms with E-state index >= 15 is 0 Å². The van der Waals surface area contributed by atoms with Gasteiger partial charge in [0.2, 0.25) is 5.91 Å². The molecule has 32 heavy (non-hydrogen) atoms. The summed E-state index contributed by atoms with van der Waals surface area (Å²) in [6, 6.07) is 11.9. The summed E-state index contributed by atoms with van der Waals surface area (Å²) >= 11 is 0. The monoisotopic (exact) mass is 436 g/mol. The van der Waals surface area contributed by atoms with E-state index in [4.69, 9.17) is 9.15 Å². The molecule has 2 aromatic carbocycles. The summed E-state index contributed by atoms with van der Waals surface area (Å²) in [5.74, 6) is 0.397. The van der Waals surface area contributed by atoms with E-state index in [9.17, 15) is 14.7 Å². The lowest BCUT2D eigenvalue weighted by Gasteiger charge is -2.26. The number of ether oxygens (including phenoxy) is 1. The number of fused-ring (bicyclic) bond motifs is 1. The molecule has 0 spiro atoms. The molecule has 1 fully saturated rings. The number of hydrogen-bond acceptors (Lipinski definition) is 6. The molecule has 1 amide bonds. The van der Waals surface area contributed by atoms with Crippen molar-refractivity contribution in [2.24, 2.45) is 0 Å². The maximum atomic E-state index is 12.6. The van der Waals surface area contributed by atoms with Crippen LogP contribution < -0.4 is 15.7 Å². The van der Waals surface area contributed by atoms with Crippen molar-refractivity contribution in [3.63, 3.8) is 0 Å². The fourth-order valence-electron chi connectivity index (χ4n) is 4.09. The van der Waals surface area contributed by atoms with Crippen LogP contribution in [0.15, 0.2) is 51.7 Å². The fourth-order valence-corrected chi connectivity index (χ4v) is 4.09. The van der Waals surface area contributed by atoms with Crippen LogP contribution in [-0.4, -0.2) is 42.2 Å². The molecule has 4 rings (SSSR count). The Balaban J connectivity index is 1.38. The third-order valence-corrected chi connectivity index (χ3v) is 5.85. The van der Waals surface area contributed by atoms with E-state index in [-0.39, 0.29) is 18.1 Å². The Morgan fingerprint density at radius 2 is 1.97 bits per heavy atom. The quantitative estimate of drug-likeness (QED) is 0.547. The topological polar surface area (TPSA) is 92.0 Å². The van der Waals surface area contributed by atoms with Crippen molar-refractivity contribution in [2.75, 3.05) is 31.6 Å². The van der Waals surface area contributed by atoms with Crippen molar-refractivity contribution < 1.29 is 19.1 Å². The highest BCUT2D eigenvalue weighted by molar-refractivity contribution is 5.93. The van der Waals surface area contributed by atoms with Gasteiger partial charge in [0.1, 0.15) is 23.7 Å². The average Bonchev–Trinajstić information content (AvgIpc) is 2.77. The molecule has 0 aliphatic carbocycles. The number of anilines is 1. The molecule has 1 aromatic heterocycles. The first kappa shape index (κ1) is 21.9. The molecule has 0 radical (unpaired) electrons. The zero-order valence-corrected chi connectivity index (χ0v) is 18.2. The average molecular weight is 437 g/mol. The minimum Gasteiger partial charge on any atom is -0.508 e. The third kappa shape index (κ3) is 5.29. The largest absolute Gasteiger partial charge is 0.508 e. The summed E-state index contributed by atoms with van der Waals surface area (Å²) in [4.78, 5) is 27.4. The van der Waals surface area contributed by atoms with Gasteiger partial charge >= 0.3 is 5.63 Å². The van der Waals surface area contributed by atoms with Crippen LogP contribution in [0.4, 0.5) is 5.69 Å². The molecule has 2 heterocycles. The number of benzene rings is 2. The summed E-state index contributed by atoms with van der Waals surface area (Å²) < 4.78 is 11.2. The van der Waals surface area contributed by atoms with Crippen LogP contribution in [-0.2, 0) is 11.2 Å². The number of nitrogens with one attached hydrogen (secondary N) is 1. The number of piperidine rings is 1. The number of likely N-dealkylation sites (tertiary alicyclic amines) is 1. The van der Waals surface area contributed by atoms with Crippen LogP contribution in [0.1, 0.15) is 30.4 Å². The van der Waals surface area contributed by atoms with E-state index in [1.807, 2.05) is 12.1 Å². The Morgan fingerprint density at radius 3 is 2.78 bits per heavy atom. The van der Waals surface area contributed by atoms with Crippen molar-refractivity contribution in [1.82, 2.24) is 4.90 Å². The van der Waals surface area contributed by atoms with Gasteiger partial charge < -0.3 is 19.6 Å². The lowest BCUT2D eigenvalue weighted by atomic mass is 10.0. The molecule has 3 aromatic rings. The first-order valence-corrected chi connectivity index (χ1v) is 11.0. The second-order valence-electron chi connectivity index (χ2n) is 8.18. The van der Waals surface area contributed by atoms with Gasteiger partial charge in [0.05, 0.1) is 12.0 Å². The van der Waals surface area contributed by atoms with Crippen LogP contribution >= 0.6 is 0 Å². The van der Waals surface area contributed by atoms with E-state index in [2.05, 4.69) is 10.2 Å². The van der Waals surface area contributed by atoms with Gasteiger partial charge in [-0.05, 0) is 62.7 Å². The number of amides is 1. The molecular formula is C25H28N2O5. The minimum atomic E-state index is -0.578. The van der Waals surface area contributed by atoms with Crippen molar-refractivity contribution in [3.8, 4) is 11.5 Å². The number of hydrogen-bond donors (Lipinski definition) is 2. The van der Waals surface area contributed by atoms with Gasteiger partial charge in [0, 0.05) is 29.8 Å². The number of carbonyl (C=O) groups is 1. The van der Waals surface area contributed by atoms with Crippen molar-refractivity contribution in [1.29, 1.82) is 0 Å². The summed E-state index contributed by atoms with van der Waals surface area (Å²) in [6.07, 6.45) is 3.70. The number of aromatic hydroxyl groups is 1. The van der Waals surface area contributed by atoms with Gasteiger partial charge in [-0.25, -0.2) is 4.79 Å². The second-order valence-corrected chi connectivity index (χ2v) is 8.18. The maximum absolute atomic E-state index is 12.6. The van der Waals surface area contributed by atoms with Gasteiger partial charge in [-0.15, -0.1) is 0 Å². The molecular weight excluding hydrogens is 408 g/mol. The first-order valence-electron chi connectivity index (χ1n) is 11.0. The van der Waals surface area contributed by atoms with E-state index in [0.717, 1.165) is 19.6 Å². The minimum absolute atomic E-state index is 0.0172. The van der Waals surface area contributed by atoms with E-state index in [1.54, 1.807) is 25.1 Å². The van der Waals surface area contributed by atoms with Crippen LogP contribution in [0.2, 0.25) is 0 Å². The highest BCUT2D eigenvalue weighted by atomic mass is 16.5. The molecule has 0 atom stereocenters. The Bertz CT molecular complexity index is 1160. The summed E-state index contributed by atoms with van der Waals surface area (Å²) in [7, 11) is 0. The second kappa shape index (κ2) is 9.87. The van der Waals surface area contributed by atoms with Gasteiger partial charge in [0.15, 0.2) is 0 Å². The molecule has 1 aliphatic heterocycles. The smallest absolute Gasteiger partial charge is 0.340 e. The number of aryl methyl sites for hydroxylation is 1. The molecule has 0 bridgehead atoms. The molecule has 7 heteroatoms. The van der Waals surface area contributed by atoms with E-state index in [1.165, 1.54) is 31.4 Å². The number of phenolic OH excluding ortho intramolecular Hbond substituents is 1. The number of phenols is 1. The summed E-state index contributed by atoms with van der Waals surface area (Å²) in [5, 5.41) is 13.1. The van der Waals surface area contributed by atoms with Gasteiger partial charge in [-0.3, -0.25) is 9.69 Å². The van der Waals surface area contributed by atoms with Gasteiger partial charge in [0.25, 0.3) is 0 Å². The highest BCUT2D eigenvalue weighted by Crippen LogP contribution is 2.24. The Morgan fingerprint density at radius 1 is 1.16 bits per heavy atom. The van der Waals surface area contributed by atoms with Crippen LogP contribution in [0.25, 0.3) is 11.0 Å². The summed E-state index contributed by atoms with van der Waals surface area (Å²) in [5.41, 5.74) is 1.30. The SMILES string of the molecule is Cc1c(CC(=O)Nc2cccc(OCCN3CCCCC3)c2)c(=O)oc2cc(O)ccc12. The van der Waals surface area contributed by atoms with Gasteiger partial charge in [-0.2, -0.15) is 0 Å². The van der Waals surface area contributed by atoms with E-state index in [0.29, 0.717) is 40.1 Å². The highest BCUT2D eigenvalue weighted by Gasteiger charge is 2.16. The first-order chi connectivity index (χ1) is 15.5. The normalized spacial score (nSPS) is 14.4. The molecule has 2 N–H and O–H groups in total. The molecule has 0 saturated carbocycles. The number of rotatable bonds is 7. The lowest BCUT2D eigenvalue weighted by molar-refractivity contribution is -0.115. The molecule has 168 valence electrons. The van der Waals surface area contributed by atoms with Crippen LogP contribution in [0.5, 0.6) is 11.5 Å². The van der Waals surface area contributed by atoms with E-state index < -0.39 is 5.63 Å². The maximum Gasteiger partial charge on any atom is 0.340 e. The van der Waals surface area contributed by atoms with Crippen molar-refractivity contribution in [3.05, 3.63) is 64.0 Å². The fraction of sp³-hybridized carbons (Fsp3) is 0.360. The van der Waals surface area contributed by atoms with Crippen LogP contribution in [0.3, 0.4) is 0 Å². The standard InChI is InChI=1S/C25H28N2O5/c1-17-21-9-8-19(28)15-23(21)32-25(30)22(17)16-24(29)26-18-6-5-7-20(14-18)31-13-12-27-10-3-2-4-11-27/h5-9,14-15,28H,2-4,10-13,16H2,1H3,(H,26,29). The Labute approximate surface area is 186 Å². The Kier molecular flexibility index (Phi) is 6.75. The predicted octanol–water partition coefficient (Wildman–Crippen LogP) is 3.85. The number of nitrogens with zero attached hydrogens (tertiary/aromatic N) is 1. The molecule has 0 unspecified atom stereocenters. The Hall–Kier alpha value is -3.32. The van der Waals surface area contributed by atoms with Crippen molar-refractivity contribution >= 4 is 22.6 Å². The zero-order chi connectivity index (χ0) is 22.5. The molecule has 1 aliphatic rings. The lowest BCUT2D eigenvalue weighted by Crippen LogP contribution is -2.33.